The van der Waals surface area contributed by atoms with Gasteiger partial charge in [0.25, 0.3) is 0 Å². The molecule has 0 saturated carbocycles. The SMILES string of the molecule is CCC(C)(C)C(=O)OC.CCC(C)(C)C(=O)OCCO.CCC(C)C(=O)O.CCC(C)c1ccccc1.CCCCC(CC)COC(=O)C(C)CC. The number of esters is 3. The molecule has 0 heterocycles. The molecule has 0 radical (unpaired) electrons. The van der Waals surface area contributed by atoms with Gasteiger partial charge in [0, 0.05) is 0 Å². The summed E-state index contributed by atoms with van der Waals surface area (Å²) in [7, 11) is 1.42. The smallest absolute Gasteiger partial charge is 0.311 e. The zero-order valence-corrected chi connectivity index (χ0v) is 35.9. The van der Waals surface area contributed by atoms with E-state index in [9.17, 15) is 19.2 Å². The number of rotatable bonds is 18. The highest BCUT2D eigenvalue weighted by molar-refractivity contribution is 5.76. The molecule has 0 aliphatic rings. The van der Waals surface area contributed by atoms with E-state index in [4.69, 9.17) is 19.7 Å². The van der Waals surface area contributed by atoms with Crippen LogP contribution in [0.5, 0.6) is 0 Å². The van der Waals surface area contributed by atoms with Gasteiger partial charge in [-0.3, -0.25) is 19.2 Å². The van der Waals surface area contributed by atoms with E-state index in [2.05, 4.69) is 62.8 Å². The number of carbonyl (C=O) groups excluding carboxylic acids is 3. The fourth-order valence-electron chi connectivity index (χ4n) is 3.50. The molecule has 306 valence electrons. The van der Waals surface area contributed by atoms with Crippen LogP contribution in [0.25, 0.3) is 0 Å². The molecule has 4 atom stereocenters. The number of aliphatic hydroxyl groups is 1. The molecule has 0 amide bonds. The zero-order chi connectivity index (χ0) is 41.3. The Bertz CT molecular complexity index is 1020. The van der Waals surface area contributed by atoms with Crippen LogP contribution in [-0.2, 0) is 33.4 Å². The van der Waals surface area contributed by atoms with Crippen LogP contribution in [0.4, 0.5) is 0 Å². The van der Waals surface area contributed by atoms with Gasteiger partial charge in [-0.1, -0.05) is 119 Å². The van der Waals surface area contributed by atoms with E-state index in [0.29, 0.717) is 18.4 Å². The van der Waals surface area contributed by atoms with Gasteiger partial charge in [-0.15, -0.1) is 0 Å². The Morgan fingerprint density at radius 3 is 1.54 bits per heavy atom. The number of carbonyl (C=O) groups is 4. The summed E-state index contributed by atoms with van der Waals surface area (Å²) in [6.07, 6.45) is 9.12. The Labute approximate surface area is 319 Å². The molecule has 0 saturated heterocycles. The van der Waals surface area contributed by atoms with Crippen LogP contribution in [0.2, 0.25) is 0 Å². The molecule has 1 rings (SSSR count). The number of ether oxygens (including phenoxy) is 3. The Hall–Kier alpha value is -2.94. The number of carboxylic acid groups (broad SMARTS) is 1. The standard InChI is InChI=1S/C13H26O2.C10H14.C8H16O3.C7H14O2.C5H10O2/c1-5-8-9-12(7-3)10-15-13(14)11(4)6-2;1-3-9(2)10-7-5-4-6-8-10;1-4-8(2,3)7(10)11-6-5-9;1-5-7(2,3)6(8)9-4;1-3-4(2)5(6)7/h11-12H,5-10H2,1-4H3;4-9H,3H2,1-2H3;9H,4-6H2,1-3H3;5H2,1-4H3;4H,3H2,1-2H3,(H,6,7). The fraction of sp³-hybridized carbons (Fsp3) is 0.767. The molecule has 4 unspecified atom stereocenters. The monoisotopic (exact) mass is 741 g/mol. The van der Waals surface area contributed by atoms with Crippen LogP contribution < -0.4 is 0 Å². The number of unbranched alkanes of at least 4 members (excludes halogenated alkanes) is 1. The quantitative estimate of drug-likeness (QED) is 0.111. The predicted molar refractivity (Wildman–Crippen MR) is 214 cm³/mol. The third-order valence-corrected chi connectivity index (χ3v) is 9.42. The summed E-state index contributed by atoms with van der Waals surface area (Å²) in [6, 6.07) is 10.6. The van der Waals surface area contributed by atoms with Gasteiger partial charge in [-0.2, -0.15) is 0 Å². The van der Waals surface area contributed by atoms with E-state index in [1.165, 1.54) is 38.4 Å². The molecule has 52 heavy (non-hydrogen) atoms. The lowest BCUT2D eigenvalue weighted by atomic mass is 9.91. The number of hydrogen-bond acceptors (Lipinski definition) is 8. The number of aliphatic hydroxyl groups excluding tert-OH is 1. The summed E-state index contributed by atoms with van der Waals surface area (Å²) >= 11 is 0. The third kappa shape index (κ3) is 29.6. The summed E-state index contributed by atoms with van der Waals surface area (Å²) in [5.41, 5.74) is 0.717. The van der Waals surface area contributed by atoms with Gasteiger partial charge in [0.15, 0.2) is 0 Å². The fourth-order valence-corrected chi connectivity index (χ4v) is 3.50. The van der Waals surface area contributed by atoms with Crippen molar-refractivity contribution in [3.05, 3.63) is 35.9 Å². The first kappa shape index (κ1) is 55.8. The van der Waals surface area contributed by atoms with Crippen molar-refractivity contribution < 1.29 is 43.6 Å². The minimum atomic E-state index is -0.706. The van der Waals surface area contributed by atoms with Gasteiger partial charge in [-0.25, -0.2) is 0 Å². The molecule has 2 N–H and O–H groups in total. The first-order chi connectivity index (χ1) is 24.3. The van der Waals surface area contributed by atoms with E-state index in [0.717, 1.165) is 32.1 Å². The van der Waals surface area contributed by atoms with Gasteiger partial charge in [-0.05, 0) is 83.6 Å². The van der Waals surface area contributed by atoms with Crippen molar-refractivity contribution in [2.45, 2.75) is 161 Å². The van der Waals surface area contributed by atoms with E-state index >= 15 is 0 Å². The molecule has 1 aromatic rings. The lowest BCUT2D eigenvalue weighted by Gasteiger charge is -2.19. The van der Waals surface area contributed by atoms with E-state index in [1.807, 2.05) is 62.3 Å². The molecule has 0 bridgehead atoms. The normalized spacial score (nSPS) is 12.8. The molecular formula is C43H80O9. The first-order valence-corrected chi connectivity index (χ1v) is 19.6. The summed E-state index contributed by atoms with van der Waals surface area (Å²) in [6.45, 7) is 28.2. The van der Waals surface area contributed by atoms with Crippen molar-refractivity contribution in [2.75, 3.05) is 26.9 Å². The third-order valence-electron chi connectivity index (χ3n) is 9.42. The van der Waals surface area contributed by atoms with Crippen LogP contribution in [0.15, 0.2) is 30.3 Å². The van der Waals surface area contributed by atoms with Crippen molar-refractivity contribution >= 4 is 23.9 Å². The highest BCUT2D eigenvalue weighted by Crippen LogP contribution is 2.22. The van der Waals surface area contributed by atoms with Crippen LogP contribution in [0.3, 0.4) is 0 Å². The molecule has 9 heteroatoms. The van der Waals surface area contributed by atoms with Gasteiger partial charge in [0.2, 0.25) is 0 Å². The lowest BCUT2D eigenvalue weighted by molar-refractivity contribution is -0.155. The minimum absolute atomic E-state index is 0.0348. The highest BCUT2D eigenvalue weighted by Gasteiger charge is 2.27. The average molecular weight is 741 g/mol. The Morgan fingerprint density at radius 2 is 1.21 bits per heavy atom. The van der Waals surface area contributed by atoms with Crippen molar-refractivity contribution in [3.8, 4) is 0 Å². The van der Waals surface area contributed by atoms with Crippen molar-refractivity contribution in [1.82, 2.24) is 0 Å². The number of hydrogen-bond donors (Lipinski definition) is 2. The number of carboxylic acids is 1. The molecule has 0 fully saturated rings. The van der Waals surface area contributed by atoms with Crippen molar-refractivity contribution in [1.29, 1.82) is 0 Å². The summed E-state index contributed by atoms with van der Waals surface area (Å²) in [5.74, 6) is 0.0156. The van der Waals surface area contributed by atoms with Crippen molar-refractivity contribution in [2.24, 2.45) is 28.6 Å². The summed E-state index contributed by atoms with van der Waals surface area (Å²) in [4.78, 5) is 43.3. The maximum Gasteiger partial charge on any atom is 0.311 e. The van der Waals surface area contributed by atoms with Crippen LogP contribution in [0.1, 0.15) is 166 Å². The Balaban J connectivity index is -0.000000283. The zero-order valence-electron chi connectivity index (χ0n) is 35.9. The van der Waals surface area contributed by atoms with Crippen LogP contribution in [-0.4, -0.2) is 61.0 Å². The van der Waals surface area contributed by atoms with Crippen molar-refractivity contribution in [3.63, 3.8) is 0 Å². The maximum absolute atomic E-state index is 11.4. The van der Waals surface area contributed by atoms with Gasteiger partial charge in [0.1, 0.15) is 6.61 Å². The topological polar surface area (TPSA) is 136 Å². The molecule has 0 aliphatic heterocycles. The predicted octanol–water partition coefficient (Wildman–Crippen LogP) is 10.7. The van der Waals surface area contributed by atoms with Gasteiger partial charge < -0.3 is 24.4 Å². The van der Waals surface area contributed by atoms with Gasteiger partial charge in [0.05, 0.1) is 43.0 Å². The minimum Gasteiger partial charge on any atom is -0.481 e. The largest absolute Gasteiger partial charge is 0.481 e. The number of aliphatic carboxylic acids is 1. The molecule has 0 spiro atoms. The second-order valence-corrected chi connectivity index (χ2v) is 14.5. The van der Waals surface area contributed by atoms with Gasteiger partial charge >= 0.3 is 23.9 Å². The highest BCUT2D eigenvalue weighted by atomic mass is 16.5. The first-order valence-electron chi connectivity index (χ1n) is 19.6. The second-order valence-electron chi connectivity index (χ2n) is 14.5. The number of benzene rings is 1. The van der Waals surface area contributed by atoms with E-state index in [1.54, 1.807) is 6.92 Å². The van der Waals surface area contributed by atoms with Crippen LogP contribution >= 0.6 is 0 Å². The van der Waals surface area contributed by atoms with E-state index in [-0.39, 0.29) is 48.4 Å². The average Bonchev–Trinajstić information content (AvgIpc) is 3.16. The summed E-state index contributed by atoms with van der Waals surface area (Å²) in [5, 5.41) is 16.6. The molecular weight excluding hydrogens is 660 g/mol. The Morgan fingerprint density at radius 1 is 0.712 bits per heavy atom. The molecule has 0 aliphatic carbocycles. The van der Waals surface area contributed by atoms with E-state index < -0.39 is 11.4 Å². The maximum atomic E-state index is 11.4. The lowest BCUT2D eigenvalue weighted by Crippen LogP contribution is -2.26. The summed E-state index contributed by atoms with van der Waals surface area (Å²) < 4.78 is 14.6. The molecule has 9 nitrogen and oxygen atoms in total. The Kier molecular flexibility index (Phi) is 36.3. The van der Waals surface area contributed by atoms with Crippen LogP contribution in [0, 0.1) is 28.6 Å². The second kappa shape index (κ2) is 33.9. The molecule has 1 aromatic carbocycles. The molecule has 0 aromatic heterocycles. The number of methoxy groups -OCH3 is 1.